The van der Waals surface area contributed by atoms with Gasteiger partial charge in [0, 0.05) is 18.8 Å². The Kier molecular flexibility index (Phi) is 3.91. The lowest BCUT2D eigenvalue weighted by atomic mass is 10.2. The number of nitrogens with zero attached hydrogens (tertiary/aromatic N) is 1. The summed E-state index contributed by atoms with van der Waals surface area (Å²) >= 11 is 0. The molecule has 1 heterocycles. The molecule has 1 aromatic carbocycles. The molecule has 1 radical (unpaired) electrons. The van der Waals surface area contributed by atoms with E-state index in [1.165, 1.54) is 0 Å². The fourth-order valence-electron chi connectivity index (χ4n) is 1.68. The van der Waals surface area contributed by atoms with Gasteiger partial charge in [-0.3, -0.25) is 4.79 Å². The normalized spacial score (nSPS) is 21.1. The van der Waals surface area contributed by atoms with Crippen LogP contribution in [0.5, 0.6) is 0 Å². The summed E-state index contributed by atoms with van der Waals surface area (Å²) in [5, 5.41) is 10.4. The molecule has 2 rings (SSSR count). The fourth-order valence-corrected chi connectivity index (χ4v) is 1.68. The maximum absolute atomic E-state index is 11.9. The van der Waals surface area contributed by atoms with E-state index in [9.17, 15) is 4.79 Å². The van der Waals surface area contributed by atoms with Gasteiger partial charge in [0.1, 0.15) is 6.04 Å². The van der Waals surface area contributed by atoms with E-state index in [1.807, 2.05) is 30.3 Å². The van der Waals surface area contributed by atoms with Crippen LogP contribution in [0.3, 0.4) is 0 Å². The second-order valence-corrected chi connectivity index (χ2v) is 3.83. The molecule has 0 aromatic heterocycles. The molecule has 2 N–H and O–H groups in total. The van der Waals surface area contributed by atoms with E-state index in [1.54, 1.807) is 0 Å². The van der Waals surface area contributed by atoms with E-state index < -0.39 is 0 Å². The third-order valence-electron chi connectivity index (χ3n) is 2.54. The summed E-state index contributed by atoms with van der Waals surface area (Å²) in [6.45, 7) is 2.34. The van der Waals surface area contributed by atoms with Crippen molar-refractivity contribution in [2.45, 2.75) is 12.5 Å². The standard InChI is InChI=1S/C12H16N3O/c16-12(11-9-13-7-4-8-14-11)15-10-5-2-1-3-6-10/h1-3,5-6,11,13H,4,7-9H2,(H,15,16). The summed E-state index contributed by atoms with van der Waals surface area (Å²) in [5.41, 5.74) is 0.826. The van der Waals surface area contributed by atoms with Gasteiger partial charge in [-0.2, -0.15) is 0 Å². The number of nitrogens with one attached hydrogen (secondary N) is 2. The summed E-state index contributed by atoms with van der Waals surface area (Å²) in [6, 6.07) is 9.22. The minimum Gasteiger partial charge on any atom is -0.325 e. The van der Waals surface area contributed by atoms with Gasteiger partial charge in [-0.05, 0) is 25.1 Å². The highest BCUT2D eigenvalue weighted by Crippen LogP contribution is 2.06. The van der Waals surface area contributed by atoms with Crippen molar-refractivity contribution in [2.75, 3.05) is 25.0 Å². The van der Waals surface area contributed by atoms with Crippen LogP contribution < -0.4 is 16.0 Å². The lowest BCUT2D eigenvalue weighted by Crippen LogP contribution is -2.41. The summed E-state index contributed by atoms with van der Waals surface area (Å²) in [7, 11) is 0. The molecule has 1 unspecified atom stereocenters. The van der Waals surface area contributed by atoms with Crippen molar-refractivity contribution in [2.24, 2.45) is 0 Å². The number of anilines is 1. The minimum absolute atomic E-state index is 0.0272. The van der Waals surface area contributed by atoms with Crippen LogP contribution in [0.25, 0.3) is 0 Å². The molecule has 1 fully saturated rings. The Labute approximate surface area is 95.4 Å². The highest BCUT2D eigenvalue weighted by atomic mass is 16.2. The third kappa shape index (κ3) is 3.05. The van der Waals surface area contributed by atoms with Crippen LogP contribution in [0.1, 0.15) is 6.42 Å². The van der Waals surface area contributed by atoms with E-state index in [0.29, 0.717) is 6.54 Å². The Hall–Kier alpha value is -1.39. The van der Waals surface area contributed by atoms with Gasteiger partial charge in [-0.25, -0.2) is 5.32 Å². The second kappa shape index (κ2) is 5.63. The molecule has 1 aromatic rings. The summed E-state index contributed by atoms with van der Waals surface area (Å²) in [4.78, 5) is 11.9. The molecule has 16 heavy (non-hydrogen) atoms. The van der Waals surface area contributed by atoms with Crippen molar-refractivity contribution in [3.05, 3.63) is 30.3 Å². The predicted molar refractivity (Wildman–Crippen MR) is 63.3 cm³/mol. The topological polar surface area (TPSA) is 55.2 Å². The molecule has 85 valence electrons. The van der Waals surface area contributed by atoms with E-state index in [2.05, 4.69) is 16.0 Å². The first-order valence-corrected chi connectivity index (χ1v) is 5.59. The van der Waals surface area contributed by atoms with E-state index >= 15 is 0 Å². The molecule has 1 aliphatic rings. The molecule has 0 spiro atoms. The first-order chi connectivity index (χ1) is 7.86. The summed E-state index contributed by atoms with van der Waals surface area (Å²) < 4.78 is 0. The number of carbonyl (C=O) groups is 1. The van der Waals surface area contributed by atoms with Crippen LogP contribution in [0.4, 0.5) is 5.69 Å². The molecule has 0 saturated carbocycles. The lowest BCUT2D eigenvalue weighted by Gasteiger charge is -2.13. The van der Waals surface area contributed by atoms with Crippen molar-refractivity contribution in [1.82, 2.24) is 10.6 Å². The Morgan fingerprint density at radius 2 is 2.19 bits per heavy atom. The molecule has 1 amide bonds. The molecular formula is C12H16N3O. The summed E-state index contributed by atoms with van der Waals surface area (Å²) in [5.74, 6) is -0.0272. The number of para-hydroxylation sites is 1. The monoisotopic (exact) mass is 218 g/mol. The molecule has 1 saturated heterocycles. The van der Waals surface area contributed by atoms with Gasteiger partial charge in [0.2, 0.25) is 5.91 Å². The Bertz CT molecular complexity index is 331. The second-order valence-electron chi connectivity index (χ2n) is 3.83. The van der Waals surface area contributed by atoms with Gasteiger partial charge >= 0.3 is 0 Å². The fraction of sp³-hybridized carbons (Fsp3) is 0.417. The highest BCUT2D eigenvalue weighted by molar-refractivity contribution is 5.94. The number of hydrogen-bond acceptors (Lipinski definition) is 2. The molecule has 1 atom stereocenters. The van der Waals surface area contributed by atoms with Crippen LogP contribution >= 0.6 is 0 Å². The SMILES string of the molecule is O=C(Nc1ccccc1)C1CNCCC[N]1. The largest absolute Gasteiger partial charge is 0.325 e. The first-order valence-electron chi connectivity index (χ1n) is 5.59. The van der Waals surface area contributed by atoms with E-state index in [4.69, 9.17) is 0 Å². The predicted octanol–water partition coefficient (Wildman–Crippen LogP) is 0.591. The lowest BCUT2D eigenvalue weighted by molar-refractivity contribution is -0.118. The van der Waals surface area contributed by atoms with Gasteiger partial charge < -0.3 is 10.6 Å². The zero-order chi connectivity index (χ0) is 11.2. The highest BCUT2D eigenvalue weighted by Gasteiger charge is 2.20. The average molecular weight is 218 g/mol. The molecule has 4 heteroatoms. The van der Waals surface area contributed by atoms with Gasteiger partial charge in [-0.15, -0.1) is 0 Å². The van der Waals surface area contributed by atoms with Gasteiger partial charge in [-0.1, -0.05) is 18.2 Å². The number of benzene rings is 1. The minimum atomic E-state index is -0.261. The smallest absolute Gasteiger partial charge is 0.244 e. The summed E-state index contributed by atoms with van der Waals surface area (Å²) in [6.07, 6.45) is 1.01. The maximum atomic E-state index is 11.9. The van der Waals surface area contributed by atoms with Gasteiger partial charge in [0.15, 0.2) is 0 Å². The zero-order valence-corrected chi connectivity index (χ0v) is 9.15. The number of rotatable bonds is 2. The van der Waals surface area contributed by atoms with Crippen molar-refractivity contribution in [3.63, 3.8) is 0 Å². The number of carbonyl (C=O) groups excluding carboxylic acids is 1. The molecule has 0 aliphatic carbocycles. The first kappa shape index (κ1) is 11.1. The maximum Gasteiger partial charge on any atom is 0.244 e. The van der Waals surface area contributed by atoms with E-state index in [-0.39, 0.29) is 11.9 Å². The molecule has 1 aliphatic heterocycles. The average Bonchev–Trinajstić information content (AvgIpc) is 2.59. The van der Waals surface area contributed by atoms with Gasteiger partial charge in [0.25, 0.3) is 0 Å². The third-order valence-corrected chi connectivity index (χ3v) is 2.54. The Morgan fingerprint density at radius 3 is 3.00 bits per heavy atom. The van der Waals surface area contributed by atoms with Crippen molar-refractivity contribution in [3.8, 4) is 0 Å². The zero-order valence-electron chi connectivity index (χ0n) is 9.15. The Morgan fingerprint density at radius 1 is 1.38 bits per heavy atom. The number of hydrogen-bond donors (Lipinski definition) is 2. The van der Waals surface area contributed by atoms with Crippen LogP contribution in [0.2, 0.25) is 0 Å². The number of amides is 1. The van der Waals surface area contributed by atoms with Gasteiger partial charge in [0.05, 0.1) is 0 Å². The molecule has 0 bridgehead atoms. The molecule has 4 nitrogen and oxygen atoms in total. The van der Waals surface area contributed by atoms with Crippen molar-refractivity contribution in [1.29, 1.82) is 0 Å². The van der Waals surface area contributed by atoms with Crippen LogP contribution in [0.15, 0.2) is 30.3 Å². The van der Waals surface area contributed by atoms with Crippen molar-refractivity contribution >= 4 is 11.6 Å². The Balaban J connectivity index is 1.92. The van der Waals surface area contributed by atoms with Crippen LogP contribution in [0, 0.1) is 0 Å². The van der Waals surface area contributed by atoms with E-state index in [0.717, 1.165) is 25.2 Å². The van der Waals surface area contributed by atoms with Crippen LogP contribution in [-0.2, 0) is 4.79 Å². The molecular weight excluding hydrogens is 202 g/mol. The quantitative estimate of drug-likeness (QED) is 0.763. The van der Waals surface area contributed by atoms with Crippen LogP contribution in [-0.4, -0.2) is 31.6 Å². The van der Waals surface area contributed by atoms with Crippen molar-refractivity contribution < 1.29 is 4.79 Å².